The fourth-order valence-corrected chi connectivity index (χ4v) is 1.67. The topological polar surface area (TPSA) is 78.9 Å². The van der Waals surface area contributed by atoms with E-state index in [0.717, 1.165) is 0 Å². The van der Waals surface area contributed by atoms with Crippen LogP contribution in [0.4, 0.5) is 4.39 Å². The molecular weight excluding hydrogens is 273 g/mol. The standard InChI is InChI=1S/C12H15ClFN3O2/c1-17(6-5-11(15)16-19)12(18)7-8-9(13)3-2-4-10(8)14/h2-4,19H,5-7H2,1H3,(H2,15,16). The fraction of sp³-hybridized carbons (Fsp3) is 0.333. The first-order chi connectivity index (χ1) is 8.95. The number of nitrogens with two attached hydrogens (primary N) is 1. The van der Waals surface area contributed by atoms with Gasteiger partial charge in [0.15, 0.2) is 0 Å². The third-order valence-corrected chi connectivity index (χ3v) is 3.00. The minimum atomic E-state index is -0.509. The highest BCUT2D eigenvalue weighted by Crippen LogP contribution is 2.19. The predicted octanol–water partition coefficient (Wildman–Crippen LogP) is 1.62. The van der Waals surface area contributed by atoms with Crippen molar-refractivity contribution in [2.24, 2.45) is 10.9 Å². The normalized spacial score (nSPS) is 11.4. The molecule has 0 unspecified atom stereocenters. The molecule has 3 N–H and O–H groups in total. The zero-order valence-corrected chi connectivity index (χ0v) is 11.2. The first-order valence-electron chi connectivity index (χ1n) is 5.59. The van der Waals surface area contributed by atoms with Gasteiger partial charge in [0.1, 0.15) is 11.7 Å². The Kier molecular flexibility index (Phi) is 5.57. The van der Waals surface area contributed by atoms with Crippen molar-refractivity contribution in [1.29, 1.82) is 0 Å². The molecule has 0 aromatic heterocycles. The molecule has 1 amide bonds. The number of benzene rings is 1. The lowest BCUT2D eigenvalue weighted by molar-refractivity contribution is -0.129. The summed E-state index contributed by atoms with van der Waals surface area (Å²) in [4.78, 5) is 13.3. The molecule has 0 heterocycles. The van der Waals surface area contributed by atoms with Gasteiger partial charge in [-0.15, -0.1) is 0 Å². The van der Waals surface area contributed by atoms with E-state index in [1.54, 1.807) is 7.05 Å². The van der Waals surface area contributed by atoms with Crippen LogP contribution in [0.1, 0.15) is 12.0 Å². The van der Waals surface area contributed by atoms with E-state index in [1.165, 1.54) is 23.1 Å². The summed E-state index contributed by atoms with van der Waals surface area (Å²) in [5.74, 6) is -0.771. The molecule has 1 aromatic carbocycles. The van der Waals surface area contributed by atoms with Gasteiger partial charge in [0, 0.05) is 30.6 Å². The number of nitrogens with zero attached hydrogens (tertiary/aromatic N) is 2. The number of hydrogen-bond acceptors (Lipinski definition) is 3. The predicted molar refractivity (Wildman–Crippen MR) is 70.8 cm³/mol. The van der Waals surface area contributed by atoms with Crippen LogP contribution in [0.3, 0.4) is 0 Å². The molecule has 0 aliphatic carbocycles. The van der Waals surface area contributed by atoms with Crippen LogP contribution >= 0.6 is 11.6 Å². The van der Waals surface area contributed by atoms with Crippen LogP contribution in [0.5, 0.6) is 0 Å². The quantitative estimate of drug-likeness (QED) is 0.374. The molecule has 0 fully saturated rings. The van der Waals surface area contributed by atoms with Gasteiger partial charge < -0.3 is 15.8 Å². The Balaban J connectivity index is 2.64. The van der Waals surface area contributed by atoms with Gasteiger partial charge in [-0.3, -0.25) is 4.79 Å². The van der Waals surface area contributed by atoms with E-state index in [2.05, 4.69) is 5.16 Å². The van der Waals surface area contributed by atoms with Crippen LogP contribution in [-0.2, 0) is 11.2 Å². The molecule has 1 rings (SSSR count). The number of oxime groups is 1. The lowest BCUT2D eigenvalue weighted by Gasteiger charge is -2.17. The van der Waals surface area contributed by atoms with Gasteiger partial charge in [0.05, 0.1) is 6.42 Å². The summed E-state index contributed by atoms with van der Waals surface area (Å²) in [6, 6.07) is 4.27. The number of likely N-dealkylation sites (N-methyl/N-ethyl adjacent to an activating group) is 1. The number of carbonyl (C=O) groups is 1. The Morgan fingerprint density at radius 2 is 2.26 bits per heavy atom. The second kappa shape index (κ2) is 6.94. The van der Waals surface area contributed by atoms with E-state index in [1.807, 2.05) is 0 Å². The monoisotopic (exact) mass is 287 g/mol. The number of hydrogen-bond donors (Lipinski definition) is 2. The first-order valence-corrected chi connectivity index (χ1v) is 5.96. The summed E-state index contributed by atoms with van der Waals surface area (Å²) < 4.78 is 13.5. The van der Waals surface area contributed by atoms with Crippen molar-refractivity contribution < 1.29 is 14.4 Å². The summed E-state index contributed by atoms with van der Waals surface area (Å²) in [6.45, 7) is 0.279. The van der Waals surface area contributed by atoms with Crippen LogP contribution in [0.2, 0.25) is 5.02 Å². The van der Waals surface area contributed by atoms with Crippen LogP contribution in [-0.4, -0.2) is 35.4 Å². The van der Waals surface area contributed by atoms with Crippen molar-refractivity contribution in [3.8, 4) is 0 Å². The van der Waals surface area contributed by atoms with Gasteiger partial charge in [0.25, 0.3) is 0 Å². The van der Waals surface area contributed by atoms with Crippen LogP contribution in [0.15, 0.2) is 23.4 Å². The van der Waals surface area contributed by atoms with Crippen molar-refractivity contribution >= 4 is 23.3 Å². The molecular formula is C12H15ClFN3O2. The molecule has 104 valence electrons. The van der Waals surface area contributed by atoms with Crippen LogP contribution < -0.4 is 5.73 Å². The summed E-state index contributed by atoms with van der Waals surface area (Å²) >= 11 is 5.85. The van der Waals surface area contributed by atoms with Gasteiger partial charge in [-0.05, 0) is 12.1 Å². The van der Waals surface area contributed by atoms with Crippen molar-refractivity contribution in [2.75, 3.05) is 13.6 Å². The first kappa shape index (κ1) is 15.2. The van der Waals surface area contributed by atoms with Gasteiger partial charge >= 0.3 is 0 Å². The lowest BCUT2D eigenvalue weighted by Crippen LogP contribution is -2.32. The van der Waals surface area contributed by atoms with Gasteiger partial charge in [-0.2, -0.15) is 0 Å². The molecule has 1 aromatic rings. The maximum absolute atomic E-state index is 13.5. The molecule has 0 saturated heterocycles. The third kappa shape index (κ3) is 4.40. The largest absolute Gasteiger partial charge is 0.409 e. The van der Waals surface area contributed by atoms with Crippen molar-refractivity contribution in [2.45, 2.75) is 12.8 Å². The number of rotatable bonds is 5. The Bertz CT molecular complexity index is 474. The second-order valence-electron chi connectivity index (χ2n) is 4.03. The van der Waals surface area contributed by atoms with E-state index in [0.29, 0.717) is 0 Å². The van der Waals surface area contributed by atoms with Crippen LogP contribution in [0.25, 0.3) is 0 Å². The minimum absolute atomic E-state index is 0.0311. The van der Waals surface area contributed by atoms with Gasteiger partial charge in [-0.1, -0.05) is 22.8 Å². The van der Waals surface area contributed by atoms with E-state index < -0.39 is 5.82 Å². The van der Waals surface area contributed by atoms with E-state index in [4.69, 9.17) is 22.5 Å². The molecule has 0 saturated carbocycles. The summed E-state index contributed by atoms with van der Waals surface area (Å²) in [6.07, 6.45) is 0.113. The molecule has 19 heavy (non-hydrogen) atoms. The Morgan fingerprint density at radius 1 is 1.58 bits per heavy atom. The number of halogens is 2. The Morgan fingerprint density at radius 3 is 2.84 bits per heavy atom. The Labute approximate surface area is 115 Å². The molecule has 0 bridgehead atoms. The summed E-state index contributed by atoms with van der Waals surface area (Å²) in [5, 5.41) is 11.4. The van der Waals surface area contributed by atoms with E-state index in [9.17, 15) is 9.18 Å². The average molecular weight is 288 g/mol. The SMILES string of the molecule is CN(CC/C(N)=N/O)C(=O)Cc1c(F)cccc1Cl. The number of amidine groups is 1. The zero-order valence-electron chi connectivity index (χ0n) is 10.4. The second-order valence-corrected chi connectivity index (χ2v) is 4.44. The zero-order chi connectivity index (χ0) is 14.4. The maximum atomic E-state index is 13.5. The summed E-state index contributed by atoms with van der Waals surface area (Å²) in [5.41, 5.74) is 5.47. The fourth-order valence-electron chi connectivity index (χ4n) is 1.44. The van der Waals surface area contributed by atoms with Crippen molar-refractivity contribution in [3.63, 3.8) is 0 Å². The Hall–Kier alpha value is -1.82. The number of amides is 1. The van der Waals surface area contributed by atoms with Crippen LogP contribution in [0, 0.1) is 5.82 Å². The highest BCUT2D eigenvalue weighted by molar-refractivity contribution is 6.31. The highest BCUT2D eigenvalue weighted by atomic mass is 35.5. The minimum Gasteiger partial charge on any atom is -0.409 e. The third-order valence-electron chi connectivity index (χ3n) is 2.65. The molecule has 5 nitrogen and oxygen atoms in total. The molecule has 7 heteroatoms. The molecule has 0 spiro atoms. The van der Waals surface area contributed by atoms with Gasteiger partial charge in [-0.25, -0.2) is 4.39 Å². The van der Waals surface area contributed by atoms with E-state index >= 15 is 0 Å². The lowest BCUT2D eigenvalue weighted by atomic mass is 10.1. The van der Waals surface area contributed by atoms with Gasteiger partial charge in [0.2, 0.25) is 5.91 Å². The molecule has 0 radical (unpaired) electrons. The van der Waals surface area contributed by atoms with E-state index in [-0.39, 0.29) is 41.7 Å². The van der Waals surface area contributed by atoms with Crippen molar-refractivity contribution in [3.05, 3.63) is 34.6 Å². The maximum Gasteiger partial charge on any atom is 0.226 e. The molecule has 0 atom stereocenters. The molecule has 0 aliphatic rings. The smallest absolute Gasteiger partial charge is 0.226 e. The average Bonchev–Trinajstić information content (AvgIpc) is 2.39. The molecule has 0 aliphatic heterocycles. The highest BCUT2D eigenvalue weighted by Gasteiger charge is 2.15. The summed E-state index contributed by atoms with van der Waals surface area (Å²) in [7, 11) is 1.56. The number of carbonyl (C=O) groups excluding carboxylic acids is 1. The van der Waals surface area contributed by atoms with Crippen molar-refractivity contribution in [1.82, 2.24) is 4.90 Å².